The maximum absolute atomic E-state index is 5.97. The normalized spacial score (nSPS) is 22.5. The number of piperidine rings is 1. The Kier molecular flexibility index (Phi) is 3.17. The van der Waals surface area contributed by atoms with Crippen LogP contribution in [0.4, 0.5) is 5.13 Å². The molecule has 1 aromatic rings. The molecular weight excluding hydrogens is 220 g/mol. The van der Waals surface area contributed by atoms with Gasteiger partial charge in [0.25, 0.3) is 0 Å². The summed E-state index contributed by atoms with van der Waals surface area (Å²) in [5.74, 6) is 0.937. The predicted molar refractivity (Wildman–Crippen MR) is 68.0 cm³/mol. The smallest absolute Gasteiger partial charge is 0.205 e. The van der Waals surface area contributed by atoms with Crippen LogP contribution in [0.5, 0.6) is 0 Å². The minimum absolute atomic E-state index is 0.0344. The molecule has 1 aliphatic heterocycles. The Morgan fingerprint density at radius 2 is 2.19 bits per heavy atom. The Morgan fingerprint density at radius 1 is 1.44 bits per heavy atom. The van der Waals surface area contributed by atoms with Crippen molar-refractivity contribution in [1.29, 1.82) is 0 Å². The first-order valence-corrected chi connectivity index (χ1v) is 6.59. The van der Waals surface area contributed by atoms with Gasteiger partial charge in [-0.25, -0.2) is 4.98 Å². The van der Waals surface area contributed by atoms with E-state index >= 15 is 0 Å². The lowest BCUT2D eigenvalue weighted by Crippen LogP contribution is -2.42. The molecule has 90 valence electrons. The van der Waals surface area contributed by atoms with Crippen molar-refractivity contribution < 1.29 is 0 Å². The van der Waals surface area contributed by atoms with Crippen molar-refractivity contribution in [3.8, 4) is 0 Å². The Hall–Kier alpha value is -0.680. The first-order valence-electron chi connectivity index (χ1n) is 5.81. The van der Waals surface area contributed by atoms with Crippen molar-refractivity contribution in [2.45, 2.75) is 45.1 Å². The summed E-state index contributed by atoms with van der Waals surface area (Å²) in [5.41, 5.74) is 6.00. The molecule has 4 nitrogen and oxygen atoms in total. The van der Waals surface area contributed by atoms with Gasteiger partial charge >= 0.3 is 0 Å². The zero-order valence-corrected chi connectivity index (χ0v) is 11.0. The number of nitrogens with zero attached hydrogens (tertiary/aromatic N) is 3. The molecule has 0 amide bonds. The average Bonchev–Trinajstić information content (AvgIpc) is 2.65. The fourth-order valence-electron chi connectivity index (χ4n) is 1.83. The fraction of sp³-hybridized carbons (Fsp3) is 0.818. The fourth-order valence-corrected chi connectivity index (χ4v) is 2.72. The number of anilines is 1. The Morgan fingerprint density at radius 3 is 2.75 bits per heavy atom. The molecule has 0 aliphatic carbocycles. The third kappa shape index (κ3) is 2.52. The summed E-state index contributed by atoms with van der Waals surface area (Å²) in [5, 5.41) is 1.03. The summed E-state index contributed by atoms with van der Waals surface area (Å²) in [6, 6.07) is 0.288. The number of hydrogen-bond acceptors (Lipinski definition) is 5. The highest BCUT2D eigenvalue weighted by molar-refractivity contribution is 7.09. The van der Waals surface area contributed by atoms with E-state index in [-0.39, 0.29) is 11.5 Å². The van der Waals surface area contributed by atoms with E-state index in [4.69, 9.17) is 5.73 Å². The lowest BCUT2D eigenvalue weighted by molar-refractivity contribution is 0.503. The van der Waals surface area contributed by atoms with Crippen LogP contribution in [-0.4, -0.2) is 28.5 Å². The molecule has 0 aromatic carbocycles. The predicted octanol–water partition coefficient (Wildman–Crippen LogP) is 1.76. The SMILES string of the molecule is CC(C)(C)c1nsc(N2CCC[C@@H](N)C2)n1. The minimum Gasteiger partial charge on any atom is -0.345 e. The topological polar surface area (TPSA) is 55.0 Å². The number of aromatic nitrogens is 2. The first-order chi connectivity index (χ1) is 7.47. The van der Waals surface area contributed by atoms with E-state index < -0.39 is 0 Å². The van der Waals surface area contributed by atoms with Crippen LogP contribution in [0, 0.1) is 0 Å². The summed E-state index contributed by atoms with van der Waals surface area (Å²) in [7, 11) is 0. The highest BCUT2D eigenvalue weighted by atomic mass is 32.1. The molecule has 1 aliphatic rings. The van der Waals surface area contributed by atoms with Crippen LogP contribution in [0.3, 0.4) is 0 Å². The van der Waals surface area contributed by atoms with Crippen molar-refractivity contribution in [3.63, 3.8) is 0 Å². The molecule has 1 atom stereocenters. The second-order valence-corrected chi connectivity index (χ2v) is 6.23. The molecule has 0 bridgehead atoms. The van der Waals surface area contributed by atoms with Gasteiger partial charge in [0.05, 0.1) is 0 Å². The Balaban J connectivity index is 2.12. The summed E-state index contributed by atoms with van der Waals surface area (Å²) in [4.78, 5) is 6.88. The first kappa shape index (κ1) is 11.8. The van der Waals surface area contributed by atoms with Crippen molar-refractivity contribution in [1.82, 2.24) is 9.36 Å². The third-order valence-corrected chi connectivity index (χ3v) is 3.59. The van der Waals surface area contributed by atoms with Crippen LogP contribution < -0.4 is 10.6 Å². The standard InChI is InChI=1S/C11H20N4S/c1-11(2,3)9-13-10(16-14-9)15-6-4-5-8(12)7-15/h8H,4-7,12H2,1-3H3/t8-/m1/s1. The Labute approximate surface area is 101 Å². The second-order valence-electron chi connectivity index (χ2n) is 5.50. The lowest BCUT2D eigenvalue weighted by atomic mass is 9.96. The molecule has 1 fully saturated rings. The summed E-state index contributed by atoms with van der Waals surface area (Å²) in [6.45, 7) is 8.40. The van der Waals surface area contributed by atoms with E-state index in [1.54, 1.807) is 0 Å². The van der Waals surface area contributed by atoms with Crippen LogP contribution in [0.1, 0.15) is 39.4 Å². The van der Waals surface area contributed by atoms with E-state index in [0.717, 1.165) is 36.9 Å². The largest absolute Gasteiger partial charge is 0.345 e. The summed E-state index contributed by atoms with van der Waals surface area (Å²) < 4.78 is 4.44. The van der Waals surface area contributed by atoms with Crippen LogP contribution in [-0.2, 0) is 5.41 Å². The van der Waals surface area contributed by atoms with Gasteiger partial charge in [-0.1, -0.05) is 20.8 Å². The van der Waals surface area contributed by atoms with Gasteiger partial charge in [-0.3, -0.25) is 0 Å². The van der Waals surface area contributed by atoms with Gasteiger partial charge in [0.2, 0.25) is 5.13 Å². The quantitative estimate of drug-likeness (QED) is 0.812. The summed E-state index contributed by atoms with van der Waals surface area (Å²) >= 11 is 1.49. The number of nitrogens with two attached hydrogens (primary N) is 1. The molecule has 1 aromatic heterocycles. The number of rotatable bonds is 1. The van der Waals surface area contributed by atoms with Gasteiger partial charge in [-0.05, 0) is 12.8 Å². The van der Waals surface area contributed by atoms with E-state index in [1.807, 2.05) is 0 Å². The van der Waals surface area contributed by atoms with Gasteiger partial charge in [-0.15, -0.1) is 0 Å². The third-order valence-electron chi connectivity index (χ3n) is 2.81. The lowest BCUT2D eigenvalue weighted by Gasteiger charge is -2.30. The average molecular weight is 240 g/mol. The van der Waals surface area contributed by atoms with Crippen molar-refractivity contribution in [2.24, 2.45) is 5.73 Å². The van der Waals surface area contributed by atoms with Gasteiger partial charge < -0.3 is 10.6 Å². The maximum Gasteiger partial charge on any atom is 0.205 e. The van der Waals surface area contributed by atoms with Crippen LogP contribution >= 0.6 is 11.5 Å². The van der Waals surface area contributed by atoms with Crippen LogP contribution in [0.25, 0.3) is 0 Å². The van der Waals surface area contributed by atoms with Gasteiger partial charge in [0, 0.05) is 36.1 Å². The maximum atomic E-state index is 5.97. The summed E-state index contributed by atoms with van der Waals surface area (Å²) in [6.07, 6.45) is 2.28. The molecule has 0 spiro atoms. The van der Waals surface area contributed by atoms with Crippen molar-refractivity contribution >= 4 is 16.7 Å². The molecular formula is C11H20N4S. The Bertz CT molecular complexity index is 355. The van der Waals surface area contributed by atoms with E-state index in [0.29, 0.717) is 0 Å². The molecule has 2 N–H and O–H groups in total. The number of hydrogen-bond donors (Lipinski definition) is 1. The molecule has 0 unspecified atom stereocenters. The molecule has 5 heteroatoms. The van der Waals surface area contributed by atoms with Crippen molar-refractivity contribution in [2.75, 3.05) is 18.0 Å². The molecule has 0 saturated carbocycles. The van der Waals surface area contributed by atoms with E-state index in [1.165, 1.54) is 11.5 Å². The van der Waals surface area contributed by atoms with Crippen molar-refractivity contribution in [3.05, 3.63) is 5.82 Å². The van der Waals surface area contributed by atoms with Gasteiger partial charge in [0.1, 0.15) is 5.82 Å². The van der Waals surface area contributed by atoms with E-state index in [2.05, 4.69) is 35.0 Å². The van der Waals surface area contributed by atoms with Gasteiger partial charge in [0.15, 0.2) is 0 Å². The molecule has 16 heavy (non-hydrogen) atoms. The highest BCUT2D eigenvalue weighted by Crippen LogP contribution is 2.26. The van der Waals surface area contributed by atoms with Crippen LogP contribution in [0.15, 0.2) is 0 Å². The van der Waals surface area contributed by atoms with E-state index in [9.17, 15) is 0 Å². The highest BCUT2D eigenvalue weighted by Gasteiger charge is 2.24. The molecule has 1 saturated heterocycles. The monoisotopic (exact) mass is 240 g/mol. The zero-order chi connectivity index (χ0) is 11.8. The zero-order valence-electron chi connectivity index (χ0n) is 10.2. The molecule has 2 rings (SSSR count). The molecule has 2 heterocycles. The van der Waals surface area contributed by atoms with Crippen LogP contribution in [0.2, 0.25) is 0 Å². The minimum atomic E-state index is 0.0344. The molecule has 0 radical (unpaired) electrons. The van der Waals surface area contributed by atoms with Gasteiger partial charge in [-0.2, -0.15) is 4.37 Å². The second kappa shape index (κ2) is 4.30.